The van der Waals surface area contributed by atoms with Crippen molar-refractivity contribution in [2.75, 3.05) is 48.5 Å². The van der Waals surface area contributed by atoms with Crippen molar-refractivity contribution >= 4 is 34.9 Å². The van der Waals surface area contributed by atoms with Crippen LogP contribution < -0.4 is 27.2 Å². The number of carbonyl (C=O) groups excluding carboxylic acids is 1. The third-order valence-corrected chi connectivity index (χ3v) is 5.60. The van der Waals surface area contributed by atoms with E-state index in [0.717, 1.165) is 9.46 Å². The van der Waals surface area contributed by atoms with E-state index < -0.39 is 17.2 Å². The van der Waals surface area contributed by atoms with E-state index in [1.54, 1.807) is 17.8 Å². The molecule has 30 heavy (non-hydrogen) atoms. The van der Waals surface area contributed by atoms with Crippen molar-refractivity contribution in [2.24, 2.45) is 0 Å². The average Bonchev–Trinajstić information content (AvgIpc) is 2.75. The number of nitrogens with one attached hydrogen (secondary N) is 1. The average molecular weight is 434 g/mol. The number of nitrogen functional groups attached to an aromatic ring is 1. The lowest BCUT2D eigenvalue weighted by Crippen LogP contribution is -2.48. The molecular weight excluding hydrogens is 406 g/mol. The first-order valence-electron chi connectivity index (χ1n) is 9.86. The van der Waals surface area contributed by atoms with Crippen LogP contribution in [0.3, 0.4) is 0 Å². The second-order valence-corrected chi connectivity index (χ2v) is 7.82. The Morgan fingerprint density at radius 3 is 2.63 bits per heavy atom. The van der Waals surface area contributed by atoms with E-state index in [-0.39, 0.29) is 18.1 Å². The van der Waals surface area contributed by atoms with E-state index in [4.69, 9.17) is 10.5 Å². The zero-order chi connectivity index (χ0) is 21.7. The Labute approximate surface area is 178 Å². The van der Waals surface area contributed by atoms with Crippen molar-refractivity contribution in [3.8, 4) is 0 Å². The van der Waals surface area contributed by atoms with Crippen molar-refractivity contribution in [1.29, 1.82) is 0 Å². The van der Waals surface area contributed by atoms with Crippen LogP contribution in [0, 0.1) is 0 Å². The van der Waals surface area contributed by atoms with Crippen LogP contribution in [0.4, 0.5) is 17.2 Å². The summed E-state index contributed by atoms with van der Waals surface area (Å²) in [5.41, 5.74) is 5.95. The highest BCUT2D eigenvalue weighted by molar-refractivity contribution is 7.98. The SMILES string of the molecule is CCCn1c(N)c(N2CCOCC2)c(=O)n(CC(=O)Nc2cccc(SC)c2)c1=O. The first-order chi connectivity index (χ1) is 14.5. The first kappa shape index (κ1) is 22.0. The molecule has 2 aromatic rings. The van der Waals surface area contributed by atoms with Gasteiger partial charge in [-0.1, -0.05) is 13.0 Å². The van der Waals surface area contributed by atoms with Gasteiger partial charge < -0.3 is 20.7 Å². The lowest BCUT2D eigenvalue weighted by Gasteiger charge is -2.30. The molecule has 1 fully saturated rings. The predicted molar refractivity (Wildman–Crippen MR) is 120 cm³/mol. The van der Waals surface area contributed by atoms with Gasteiger partial charge in [-0.15, -0.1) is 11.8 Å². The number of benzene rings is 1. The van der Waals surface area contributed by atoms with E-state index in [2.05, 4.69) is 5.32 Å². The Bertz CT molecular complexity index is 1030. The van der Waals surface area contributed by atoms with E-state index >= 15 is 0 Å². The quantitative estimate of drug-likeness (QED) is 0.631. The van der Waals surface area contributed by atoms with Crippen molar-refractivity contribution in [2.45, 2.75) is 31.3 Å². The summed E-state index contributed by atoms with van der Waals surface area (Å²) in [6, 6.07) is 7.37. The van der Waals surface area contributed by atoms with E-state index in [0.29, 0.717) is 45.0 Å². The van der Waals surface area contributed by atoms with Crippen LogP contribution in [0.1, 0.15) is 13.3 Å². The fraction of sp³-hybridized carbons (Fsp3) is 0.450. The molecule has 1 aliphatic rings. The summed E-state index contributed by atoms with van der Waals surface area (Å²) in [5, 5.41) is 2.76. The maximum atomic E-state index is 13.2. The van der Waals surface area contributed by atoms with Gasteiger partial charge in [-0.25, -0.2) is 9.36 Å². The number of aromatic nitrogens is 2. The molecule has 0 atom stereocenters. The van der Waals surface area contributed by atoms with Gasteiger partial charge in [0, 0.05) is 30.2 Å². The Kier molecular flexibility index (Phi) is 7.22. The number of nitrogens with zero attached hydrogens (tertiary/aromatic N) is 3. The van der Waals surface area contributed by atoms with Gasteiger partial charge in [0.25, 0.3) is 5.56 Å². The number of amides is 1. The third-order valence-electron chi connectivity index (χ3n) is 4.87. The lowest BCUT2D eigenvalue weighted by molar-refractivity contribution is -0.116. The van der Waals surface area contributed by atoms with E-state index in [1.807, 2.05) is 36.3 Å². The number of anilines is 3. The highest BCUT2D eigenvalue weighted by Gasteiger charge is 2.24. The molecule has 2 heterocycles. The van der Waals surface area contributed by atoms with Crippen LogP contribution >= 0.6 is 11.8 Å². The highest BCUT2D eigenvalue weighted by atomic mass is 32.2. The molecule has 0 saturated carbocycles. The smallest absolute Gasteiger partial charge is 0.333 e. The number of thioether (sulfide) groups is 1. The summed E-state index contributed by atoms with van der Waals surface area (Å²) in [6.07, 6.45) is 2.61. The molecule has 0 unspecified atom stereocenters. The predicted octanol–water partition coefficient (Wildman–Crippen LogP) is 1.20. The molecule has 1 amide bonds. The van der Waals surface area contributed by atoms with Crippen LogP contribution in [-0.4, -0.2) is 47.6 Å². The zero-order valence-electron chi connectivity index (χ0n) is 17.2. The van der Waals surface area contributed by atoms with E-state index in [1.165, 1.54) is 4.57 Å². The van der Waals surface area contributed by atoms with Gasteiger partial charge in [0.15, 0.2) is 0 Å². The van der Waals surface area contributed by atoms with Crippen LogP contribution in [0.5, 0.6) is 0 Å². The largest absolute Gasteiger partial charge is 0.383 e. The summed E-state index contributed by atoms with van der Waals surface area (Å²) < 4.78 is 7.69. The van der Waals surface area contributed by atoms with Gasteiger partial charge in [-0.3, -0.25) is 14.2 Å². The number of ether oxygens (including phenoxy) is 1. The monoisotopic (exact) mass is 433 g/mol. The second-order valence-electron chi connectivity index (χ2n) is 6.94. The standard InChI is InChI=1S/C20H27N5O4S/c1-3-7-24-18(21)17(23-8-10-29-11-9-23)19(27)25(20(24)28)13-16(26)22-14-5-4-6-15(12-14)30-2/h4-6,12H,3,7-11,13,21H2,1-2H3,(H,22,26). The minimum Gasteiger partial charge on any atom is -0.383 e. The Balaban J connectivity index is 1.96. The number of hydrogen-bond acceptors (Lipinski definition) is 7. The Morgan fingerprint density at radius 1 is 1.23 bits per heavy atom. The second kappa shape index (κ2) is 9.86. The fourth-order valence-electron chi connectivity index (χ4n) is 3.41. The van der Waals surface area contributed by atoms with Crippen LogP contribution in [-0.2, 0) is 22.6 Å². The molecule has 1 aromatic carbocycles. The van der Waals surface area contributed by atoms with Crippen molar-refractivity contribution < 1.29 is 9.53 Å². The molecule has 3 N–H and O–H groups in total. The molecule has 0 radical (unpaired) electrons. The van der Waals surface area contributed by atoms with Gasteiger partial charge in [-0.05, 0) is 30.9 Å². The number of hydrogen-bond donors (Lipinski definition) is 2. The summed E-state index contributed by atoms with van der Waals surface area (Å²) >= 11 is 1.56. The maximum absolute atomic E-state index is 13.2. The molecule has 9 nitrogen and oxygen atoms in total. The zero-order valence-corrected chi connectivity index (χ0v) is 18.0. The maximum Gasteiger partial charge on any atom is 0.333 e. The molecule has 3 rings (SSSR count). The molecule has 1 saturated heterocycles. The molecule has 0 aliphatic carbocycles. The Morgan fingerprint density at radius 2 is 1.97 bits per heavy atom. The molecule has 1 aromatic heterocycles. The van der Waals surface area contributed by atoms with Crippen LogP contribution in [0.2, 0.25) is 0 Å². The minimum atomic E-state index is -0.579. The summed E-state index contributed by atoms with van der Waals surface area (Å²) in [6.45, 7) is 3.83. The lowest BCUT2D eigenvalue weighted by atomic mass is 10.3. The number of nitrogens with two attached hydrogens (primary N) is 1. The van der Waals surface area contributed by atoms with Crippen LogP contribution in [0.15, 0.2) is 38.8 Å². The van der Waals surface area contributed by atoms with Gasteiger partial charge in [0.2, 0.25) is 5.91 Å². The molecular formula is C20H27N5O4S. The Hall–Kier alpha value is -2.72. The molecule has 162 valence electrons. The summed E-state index contributed by atoms with van der Waals surface area (Å²) in [4.78, 5) is 41.6. The highest BCUT2D eigenvalue weighted by Crippen LogP contribution is 2.20. The first-order valence-corrected chi connectivity index (χ1v) is 11.1. The van der Waals surface area contributed by atoms with Gasteiger partial charge in [-0.2, -0.15) is 0 Å². The van der Waals surface area contributed by atoms with Crippen molar-refractivity contribution in [3.63, 3.8) is 0 Å². The summed E-state index contributed by atoms with van der Waals surface area (Å²) in [7, 11) is 0. The topological polar surface area (TPSA) is 112 Å². The van der Waals surface area contributed by atoms with Crippen molar-refractivity contribution in [3.05, 3.63) is 45.1 Å². The molecule has 1 aliphatic heterocycles. The van der Waals surface area contributed by atoms with Gasteiger partial charge >= 0.3 is 5.69 Å². The molecule has 0 bridgehead atoms. The number of rotatable bonds is 7. The van der Waals surface area contributed by atoms with E-state index in [9.17, 15) is 14.4 Å². The molecule has 10 heteroatoms. The number of carbonyl (C=O) groups is 1. The minimum absolute atomic E-state index is 0.137. The van der Waals surface area contributed by atoms with Crippen molar-refractivity contribution in [1.82, 2.24) is 9.13 Å². The summed E-state index contributed by atoms with van der Waals surface area (Å²) in [5.74, 6) is -0.314. The van der Waals surface area contributed by atoms with Gasteiger partial charge in [0.1, 0.15) is 18.1 Å². The van der Waals surface area contributed by atoms with Gasteiger partial charge in [0.05, 0.1) is 13.2 Å². The fourth-order valence-corrected chi connectivity index (χ4v) is 3.87. The number of morpholine rings is 1. The van der Waals surface area contributed by atoms with Crippen LogP contribution in [0.25, 0.3) is 0 Å². The third kappa shape index (κ3) is 4.71. The molecule has 0 spiro atoms. The normalized spacial score (nSPS) is 14.0.